The van der Waals surface area contributed by atoms with Crippen LogP contribution < -0.4 is 0 Å². The highest BCUT2D eigenvalue weighted by Gasteiger charge is 2.95. The first-order valence-electron chi connectivity index (χ1n) is 10.2. The highest BCUT2D eigenvalue weighted by Crippen LogP contribution is 2.64. The van der Waals surface area contributed by atoms with Crippen LogP contribution in [-0.4, -0.2) is 58.8 Å². The Labute approximate surface area is 198 Å². The zero-order valence-electron chi connectivity index (χ0n) is 18.4. The summed E-state index contributed by atoms with van der Waals surface area (Å²) in [4.78, 5) is 0. The molecule has 1 nitrogen and oxygen atoms in total. The molecule has 0 heterocycles. The van der Waals surface area contributed by atoms with Crippen molar-refractivity contribution in [3.63, 3.8) is 0 Å². The van der Waals surface area contributed by atoms with Crippen molar-refractivity contribution in [1.82, 2.24) is 0 Å². The monoisotopic (exact) mass is 588 g/mol. The van der Waals surface area contributed by atoms with Crippen molar-refractivity contribution < 1.29 is 79.7 Å². The summed E-state index contributed by atoms with van der Waals surface area (Å²) in [7, 11) is 0. The first-order valence-corrected chi connectivity index (χ1v) is 10.2. The van der Waals surface area contributed by atoms with Crippen LogP contribution in [0.1, 0.15) is 51.4 Å². The molecule has 0 rings (SSSR count). The van der Waals surface area contributed by atoms with E-state index in [9.17, 15) is 79.7 Å². The normalized spacial score (nSPS) is 16.2. The third-order valence-corrected chi connectivity index (χ3v) is 5.22. The molecule has 0 aromatic rings. The van der Waals surface area contributed by atoms with Crippen LogP contribution in [0, 0.1) is 0 Å². The maximum absolute atomic E-state index is 13.8. The Kier molecular flexibility index (Phi) is 10.9. The molecule has 222 valence electrons. The molecule has 1 unspecified atom stereocenters. The number of hydrogen-bond donors (Lipinski definition) is 1. The standard InChI is InChI=1S/C19H21F17O/c1-2-3-4-5-6-7-8-9-11(37)10-12(20,21)13(22,23)14(24,25)15(26,27)16(28,29)17(30,31)18(32,33)19(34,35)36/h2,11,37H,1,3-10H2. The summed E-state index contributed by atoms with van der Waals surface area (Å²) in [5.41, 5.74) is 0. The molecule has 0 radical (unpaired) electrons. The Morgan fingerprint density at radius 3 is 1.27 bits per heavy atom. The van der Waals surface area contributed by atoms with Crippen LogP contribution in [0.5, 0.6) is 0 Å². The first kappa shape index (κ1) is 35.5. The molecule has 37 heavy (non-hydrogen) atoms. The van der Waals surface area contributed by atoms with E-state index in [4.69, 9.17) is 0 Å². The molecule has 0 aliphatic heterocycles. The van der Waals surface area contributed by atoms with Crippen molar-refractivity contribution in [1.29, 1.82) is 0 Å². The van der Waals surface area contributed by atoms with E-state index in [2.05, 4.69) is 6.58 Å². The lowest BCUT2D eigenvalue weighted by molar-refractivity contribution is -0.462. The lowest BCUT2D eigenvalue weighted by atomic mass is 9.87. The van der Waals surface area contributed by atoms with Gasteiger partial charge in [0, 0.05) is 6.42 Å². The SMILES string of the molecule is C=CCCCCCCCC(O)CC(F)(F)C(F)(F)C(F)(F)C(F)(F)C(F)(F)C(F)(F)C(F)(F)C(F)(F)F. The molecule has 0 saturated carbocycles. The summed E-state index contributed by atoms with van der Waals surface area (Å²) in [5, 5.41) is 9.39. The average molecular weight is 588 g/mol. The van der Waals surface area contributed by atoms with E-state index in [0.29, 0.717) is 25.7 Å². The van der Waals surface area contributed by atoms with Gasteiger partial charge in [-0.15, -0.1) is 6.58 Å². The van der Waals surface area contributed by atoms with Gasteiger partial charge in [-0.05, 0) is 19.3 Å². The molecule has 0 amide bonds. The zero-order chi connectivity index (χ0) is 29.9. The average Bonchev–Trinajstić information content (AvgIpc) is 2.71. The number of halogens is 17. The van der Waals surface area contributed by atoms with Gasteiger partial charge >= 0.3 is 47.6 Å². The van der Waals surface area contributed by atoms with Crippen LogP contribution in [0.3, 0.4) is 0 Å². The smallest absolute Gasteiger partial charge is 0.393 e. The predicted octanol–water partition coefficient (Wildman–Crippen LogP) is 8.66. The van der Waals surface area contributed by atoms with E-state index in [-0.39, 0.29) is 12.8 Å². The zero-order valence-corrected chi connectivity index (χ0v) is 18.4. The topological polar surface area (TPSA) is 20.2 Å². The fourth-order valence-electron chi connectivity index (χ4n) is 2.92. The van der Waals surface area contributed by atoms with Gasteiger partial charge < -0.3 is 5.11 Å². The maximum atomic E-state index is 13.8. The Balaban J connectivity index is 5.89. The largest absolute Gasteiger partial charge is 0.460 e. The fraction of sp³-hybridized carbons (Fsp3) is 0.895. The highest BCUT2D eigenvalue weighted by molar-refractivity contribution is 5.15. The summed E-state index contributed by atoms with van der Waals surface area (Å²) < 4.78 is 224. The number of alkyl halides is 17. The van der Waals surface area contributed by atoms with Gasteiger partial charge in [-0.1, -0.05) is 31.8 Å². The number of allylic oxidation sites excluding steroid dienone is 1. The number of aliphatic hydroxyl groups is 1. The molecule has 0 spiro atoms. The van der Waals surface area contributed by atoms with Crippen LogP contribution in [0.25, 0.3) is 0 Å². The number of aliphatic hydroxyl groups excluding tert-OH is 1. The molecule has 1 atom stereocenters. The minimum absolute atomic E-state index is 0.180. The molecule has 1 N–H and O–H groups in total. The Morgan fingerprint density at radius 2 is 0.865 bits per heavy atom. The van der Waals surface area contributed by atoms with Crippen LogP contribution in [0.4, 0.5) is 74.6 Å². The van der Waals surface area contributed by atoms with E-state index in [1.165, 1.54) is 0 Å². The van der Waals surface area contributed by atoms with Gasteiger partial charge in [0.05, 0.1) is 6.10 Å². The second-order valence-electron chi connectivity index (χ2n) is 8.14. The molecule has 18 heteroatoms. The highest BCUT2D eigenvalue weighted by atomic mass is 19.4. The second-order valence-corrected chi connectivity index (χ2v) is 8.14. The summed E-state index contributed by atoms with van der Waals surface area (Å²) >= 11 is 0. The minimum atomic E-state index is -8.65. The van der Waals surface area contributed by atoms with Gasteiger partial charge in [-0.2, -0.15) is 74.6 Å². The van der Waals surface area contributed by atoms with Crippen LogP contribution in [-0.2, 0) is 0 Å². The molecule has 0 aromatic heterocycles. The quantitative estimate of drug-likeness (QED) is 0.109. The lowest BCUT2D eigenvalue weighted by Crippen LogP contribution is -2.74. The minimum Gasteiger partial charge on any atom is -0.393 e. The van der Waals surface area contributed by atoms with Gasteiger partial charge in [-0.25, -0.2) is 0 Å². The van der Waals surface area contributed by atoms with E-state index >= 15 is 0 Å². The van der Waals surface area contributed by atoms with Gasteiger partial charge in [0.15, 0.2) is 0 Å². The van der Waals surface area contributed by atoms with Crippen LogP contribution >= 0.6 is 0 Å². The maximum Gasteiger partial charge on any atom is 0.460 e. The molecule has 0 aromatic carbocycles. The molecule has 0 saturated heterocycles. The van der Waals surface area contributed by atoms with Crippen LogP contribution in [0.15, 0.2) is 12.7 Å². The van der Waals surface area contributed by atoms with Crippen molar-refractivity contribution >= 4 is 0 Å². The van der Waals surface area contributed by atoms with Gasteiger partial charge in [0.25, 0.3) is 0 Å². The Bertz CT molecular complexity index is 741. The molecular formula is C19H21F17O. The van der Waals surface area contributed by atoms with E-state index in [1.807, 2.05) is 0 Å². The van der Waals surface area contributed by atoms with E-state index in [1.54, 1.807) is 6.08 Å². The third-order valence-electron chi connectivity index (χ3n) is 5.22. The molecular weight excluding hydrogens is 567 g/mol. The van der Waals surface area contributed by atoms with E-state index in [0.717, 1.165) is 0 Å². The summed E-state index contributed by atoms with van der Waals surface area (Å²) in [5.74, 6) is -56.6. The van der Waals surface area contributed by atoms with Crippen molar-refractivity contribution in [2.24, 2.45) is 0 Å². The summed E-state index contributed by atoms with van der Waals surface area (Å²) in [6.45, 7) is 3.43. The van der Waals surface area contributed by atoms with E-state index < -0.39 is 66.6 Å². The van der Waals surface area contributed by atoms with Crippen molar-refractivity contribution in [3.8, 4) is 0 Å². The number of rotatable bonds is 16. The van der Waals surface area contributed by atoms with Gasteiger partial charge in [0.1, 0.15) is 0 Å². The summed E-state index contributed by atoms with van der Waals surface area (Å²) in [6, 6.07) is 0. The Hall–Kier alpha value is -1.49. The summed E-state index contributed by atoms with van der Waals surface area (Å²) in [6.07, 6.45) is -10.2. The van der Waals surface area contributed by atoms with Crippen molar-refractivity contribution in [2.45, 2.75) is 105 Å². The molecule has 0 fully saturated rings. The number of hydrogen-bond acceptors (Lipinski definition) is 1. The first-order chi connectivity index (χ1) is 16.2. The van der Waals surface area contributed by atoms with Crippen molar-refractivity contribution in [2.75, 3.05) is 0 Å². The fourth-order valence-corrected chi connectivity index (χ4v) is 2.92. The number of unbranched alkanes of at least 4 members (excludes halogenated alkanes) is 5. The molecule has 0 aliphatic rings. The molecule has 0 bridgehead atoms. The van der Waals surface area contributed by atoms with Gasteiger partial charge in [0.2, 0.25) is 0 Å². The predicted molar refractivity (Wildman–Crippen MR) is 93.8 cm³/mol. The van der Waals surface area contributed by atoms with Crippen LogP contribution in [0.2, 0.25) is 0 Å². The van der Waals surface area contributed by atoms with Crippen molar-refractivity contribution in [3.05, 3.63) is 12.7 Å². The Morgan fingerprint density at radius 1 is 0.514 bits per heavy atom. The lowest BCUT2D eigenvalue weighted by Gasteiger charge is -2.43. The van der Waals surface area contributed by atoms with Gasteiger partial charge in [-0.3, -0.25) is 0 Å². The second kappa shape index (κ2) is 11.3. The molecule has 0 aliphatic carbocycles. The third kappa shape index (κ3) is 6.40.